The normalized spacial score (nSPS) is 11.5. The quantitative estimate of drug-likeness (QED) is 0.770. The highest BCUT2D eigenvalue weighted by Gasteiger charge is 2.11. The third-order valence-corrected chi connectivity index (χ3v) is 3.69. The van der Waals surface area contributed by atoms with E-state index < -0.39 is 0 Å². The maximum Gasteiger partial charge on any atom is 0.137 e. The van der Waals surface area contributed by atoms with Gasteiger partial charge in [0.2, 0.25) is 0 Å². The smallest absolute Gasteiger partial charge is 0.137 e. The van der Waals surface area contributed by atoms with Crippen LogP contribution in [-0.4, -0.2) is 19.7 Å². The molecular formula is C15H18N4. The molecule has 1 N–H and O–H groups in total. The van der Waals surface area contributed by atoms with Gasteiger partial charge in [-0.3, -0.25) is 4.68 Å². The molecule has 4 nitrogen and oxygen atoms in total. The number of hydrogen-bond donors (Lipinski definition) is 1. The first-order valence-corrected chi connectivity index (χ1v) is 6.80. The Kier molecular flexibility index (Phi) is 3.07. The standard InChI is InChI=1S/C15H18N4/c1-3-12(4-2)19-10-11(9-18-19)13-5-7-16-15-14(13)6-8-17-15/h5-10,12H,3-4H2,1-2H3,(H,16,17). The summed E-state index contributed by atoms with van der Waals surface area (Å²) in [5, 5.41) is 5.66. The van der Waals surface area contributed by atoms with Crippen LogP contribution in [0.4, 0.5) is 0 Å². The summed E-state index contributed by atoms with van der Waals surface area (Å²) in [4.78, 5) is 7.46. The van der Waals surface area contributed by atoms with Crippen LogP contribution in [0.3, 0.4) is 0 Å². The van der Waals surface area contributed by atoms with Crippen LogP contribution in [0.5, 0.6) is 0 Å². The first-order chi connectivity index (χ1) is 9.33. The average Bonchev–Trinajstić information content (AvgIpc) is 3.08. The molecule has 0 amide bonds. The van der Waals surface area contributed by atoms with Crippen molar-refractivity contribution in [3.8, 4) is 11.1 Å². The molecule has 3 aromatic heterocycles. The summed E-state index contributed by atoms with van der Waals surface area (Å²) in [6.45, 7) is 4.40. The summed E-state index contributed by atoms with van der Waals surface area (Å²) in [5.41, 5.74) is 3.26. The van der Waals surface area contributed by atoms with Crippen LogP contribution in [0.1, 0.15) is 32.7 Å². The summed E-state index contributed by atoms with van der Waals surface area (Å²) in [6.07, 6.45) is 10.1. The fraction of sp³-hybridized carbons (Fsp3) is 0.333. The first-order valence-electron chi connectivity index (χ1n) is 6.80. The lowest BCUT2D eigenvalue weighted by Crippen LogP contribution is -2.06. The van der Waals surface area contributed by atoms with Crippen molar-refractivity contribution in [3.05, 3.63) is 36.9 Å². The van der Waals surface area contributed by atoms with Gasteiger partial charge in [-0.15, -0.1) is 0 Å². The number of fused-ring (bicyclic) bond motifs is 1. The highest BCUT2D eigenvalue weighted by molar-refractivity contribution is 5.92. The average molecular weight is 254 g/mol. The highest BCUT2D eigenvalue weighted by atomic mass is 15.3. The minimum Gasteiger partial charge on any atom is -0.346 e. The van der Waals surface area contributed by atoms with E-state index >= 15 is 0 Å². The molecule has 0 radical (unpaired) electrons. The molecule has 0 atom stereocenters. The van der Waals surface area contributed by atoms with Gasteiger partial charge in [0.25, 0.3) is 0 Å². The Morgan fingerprint density at radius 2 is 2.11 bits per heavy atom. The Balaban J connectivity index is 2.05. The Hall–Kier alpha value is -2.10. The highest BCUT2D eigenvalue weighted by Crippen LogP contribution is 2.27. The lowest BCUT2D eigenvalue weighted by atomic mass is 10.1. The molecule has 0 saturated carbocycles. The van der Waals surface area contributed by atoms with Crippen molar-refractivity contribution < 1.29 is 0 Å². The van der Waals surface area contributed by atoms with Crippen molar-refractivity contribution in [2.45, 2.75) is 32.7 Å². The SMILES string of the molecule is CCC(CC)n1cc(-c2ccnc3[nH]ccc23)cn1. The molecule has 3 aromatic rings. The van der Waals surface area contributed by atoms with Gasteiger partial charge >= 0.3 is 0 Å². The molecule has 0 aliphatic rings. The summed E-state index contributed by atoms with van der Waals surface area (Å²) >= 11 is 0. The van der Waals surface area contributed by atoms with Gasteiger partial charge in [0.15, 0.2) is 0 Å². The maximum atomic E-state index is 4.51. The summed E-state index contributed by atoms with van der Waals surface area (Å²) in [6, 6.07) is 4.59. The number of pyridine rings is 1. The second kappa shape index (κ2) is 4.88. The van der Waals surface area contributed by atoms with Crippen molar-refractivity contribution in [2.24, 2.45) is 0 Å². The topological polar surface area (TPSA) is 46.5 Å². The molecule has 0 fully saturated rings. The summed E-state index contributed by atoms with van der Waals surface area (Å²) in [7, 11) is 0. The van der Waals surface area contributed by atoms with E-state index in [-0.39, 0.29) is 0 Å². The van der Waals surface area contributed by atoms with E-state index in [0.29, 0.717) is 6.04 Å². The molecule has 0 bridgehead atoms. The van der Waals surface area contributed by atoms with Gasteiger partial charge in [-0.05, 0) is 30.5 Å². The van der Waals surface area contributed by atoms with Gasteiger partial charge in [0.05, 0.1) is 12.2 Å². The third-order valence-electron chi connectivity index (χ3n) is 3.69. The molecule has 4 heteroatoms. The van der Waals surface area contributed by atoms with Crippen molar-refractivity contribution in [3.63, 3.8) is 0 Å². The van der Waals surface area contributed by atoms with Crippen LogP contribution < -0.4 is 0 Å². The predicted molar refractivity (Wildman–Crippen MR) is 76.9 cm³/mol. The number of aromatic amines is 1. The zero-order valence-corrected chi connectivity index (χ0v) is 11.3. The Bertz CT molecular complexity index is 676. The number of hydrogen-bond acceptors (Lipinski definition) is 2. The fourth-order valence-electron chi connectivity index (χ4n) is 2.55. The van der Waals surface area contributed by atoms with Crippen LogP contribution in [0.2, 0.25) is 0 Å². The van der Waals surface area contributed by atoms with Crippen molar-refractivity contribution in [1.82, 2.24) is 19.7 Å². The zero-order valence-electron chi connectivity index (χ0n) is 11.3. The van der Waals surface area contributed by atoms with Gasteiger partial charge in [0, 0.05) is 29.5 Å². The lowest BCUT2D eigenvalue weighted by Gasteiger charge is -2.12. The lowest BCUT2D eigenvalue weighted by molar-refractivity contribution is 0.428. The second-order valence-corrected chi connectivity index (χ2v) is 4.78. The van der Waals surface area contributed by atoms with Crippen LogP contribution in [0, 0.1) is 0 Å². The van der Waals surface area contributed by atoms with Crippen molar-refractivity contribution in [2.75, 3.05) is 0 Å². The number of nitrogens with zero attached hydrogens (tertiary/aromatic N) is 3. The van der Waals surface area contributed by atoms with Crippen LogP contribution >= 0.6 is 0 Å². The monoisotopic (exact) mass is 254 g/mol. The second-order valence-electron chi connectivity index (χ2n) is 4.78. The van der Waals surface area contributed by atoms with Gasteiger partial charge < -0.3 is 4.98 Å². The van der Waals surface area contributed by atoms with Crippen LogP contribution in [-0.2, 0) is 0 Å². The van der Waals surface area contributed by atoms with E-state index in [4.69, 9.17) is 0 Å². The Labute approximate surface area is 112 Å². The number of H-pyrrole nitrogens is 1. The maximum absolute atomic E-state index is 4.51. The van der Waals surface area contributed by atoms with E-state index in [0.717, 1.165) is 29.4 Å². The minimum atomic E-state index is 0.484. The molecule has 0 aromatic carbocycles. The first kappa shape index (κ1) is 12.0. The van der Waals surface area contributed by atoms with E-state index in [1.807, 2.05) is 24.7 Å². The Morgan fingerprint density at radius 3 is 2.89 bits per heavy atom. The van der Waals surface area contributed by atoms with E-state index in [1.165, 1.54) is 5.56 Å². The van der Waals surface area contributed by atoms with Gasteiger partial charge in [-0.2, -0.15) is 5.10 Å². The molecule has 3 rings (SSSR count). The van der Waals surface area contributed by atoms with E-state index in [2.05, 4.69) is 45.9 Å². The molecule has 3 heterocycles. The number of aromatic nitrogens is 4. The summed E-state index contributed by atoms with van der Waals surface area (Å²) < 4.78 is 2.08. The largest absolute Gasteiger partial charge is 0.346 e. The molecule has 0 aliphatic carbocycles. The molecule has 0 saturated heterocycles. The van der Waals surface area contributed by atoms with Crippen LogP contribution in [0.25, 0.3) is 22.2 Å². The molecule has 98 valence electrons. The van der Waals surface area contributed by atoms with E-state index in [1.54, 1.807) is 0 Å². The van der Waals surface area contributed by atoms with Crippen molar-refractivity contribution >= 4 is 11.0 Å². The third kappa shape index (κ3) is 2.03. The predicted octanol–water partition coefficient (Wildman–Crippen LogP) is 3.79. The zero-order chi connectivity index (χ0) is 13.2. The molecule has 0 aliphatic heterocycles. The number of nitrogens with one attached hydrogen (secondary N) is 1. The molecule has 19 heavy (non-hydrogen) atoms. The summed E-state index contributed by atoms with van der Waals surface area (Å²) in [5.74, 6) is 0. The fourth-order valence-corrected chi connectivity index (χ4v) is 2.55. The van der Waals surface area contributed by atoms with E-state index in [9.17, 15) is 0 Å². The van der Waals surface area contributed by atoms with Gasteiger partial charge in [-0.1, -0.05) is 13.8 Å². The molecule has 0 unspecified atom stereocenters. The number of rotatable bonds is 4. The Morgan fingerprint density at radius 1 is 1.26 bits per heavy atom. The van der Waals surface area contributed by atoms with Gasteiger partial charge in [0.1, 0.15) is 5.65 Å². The molecular weight excluding hydrogens is 236 g/mol. The van der Waals surface area contributed by atoms with Crippen LogP contribution in [0.15, 0.2) is 36.9 Å². The van der Waals surface area contributed by atoms with Gasteiger partial charge in [-0.25, -0.2) is 4.98 Å². The van der Waals surface area contributed by atoms with Crippen molar-refractivity contribution in [1.29, 1.82) is 0 Å². The minimum absolute atomic E-state index is 0.484. The molecule has 0 spiro atoms.